The van der Waals surface area contributed by atoms with E-state index in [0.29, 0.717) is 54.3 Å². The Morgan fingerprint density at radius 2 is 0.847 bits per heavy atom. The molecule has 0 atom stereocenters. The summed E-state index contributed by atoms with van der Waals surface area (Å²) in [5.74, 6) is -0.253. The lowest BCUT2D eigenvalue weighted by atomic mass is 9.87. The van der Waals surface area contributed by atoms with Crippen LogP contribution in [0.1, 0.15) is 122 Å². The van der Waals surface area contributed by atoms with Gasteiger partial charge < -0.3 is 50.6 Å². The minimum absolute atomic E-state index is 0.00614. The average molecular weight is 1310 g/mol. The number of isothiocyanates is 1. The zero-order valence-corrected chi connectivity index (χ0v) is 51.9. The highest BCUT2D eigenvalue weighted by atomic mass is 79.9. The number of carbonyl (C=O) groups excluding carboxylic acids is 5. The first-order chi connectivity index (χ1) is 40.3. The molecule has 85 heavy (non-hydrogen) atoms. The molecule has 0 saturated heterocycles. The third-order valence-corrected chi connectivity index (χ3v) is 13.5. The summed E-state index contributed by atoms with van der Waals surface area (Å²) < 4.78 is 22.2. The number of alkyl carbamates (subject to hydrolysis) is 2. The van der Waals surface area contributed by atoms with Gasteiger partial charge in [-0.3, -0.25) is 34.3 Å². The molecule has 6 N–H and O–H groups in total. The maximum absolute atomic E-state index is 12.4. The SMILES string of the molecule is CC(C)(C)OC(=O)NC1CC(NC(=O)c2ccc(Br)cn2)C1.COc1ccc(-c2ccc(C(=O)NC3CC(N=C=S)C3)nc2)nc1.COc1ccc(-c2ccc(C(=O)NC3CC(NC(=O)OC(C)(C)C)C3)nc2)nc1.O=C(O)c1ccc(Br)cn1. The number of carboxylic acids is 1. The maximum Gasteiger partial charge on any atom is 0.407 e. The van der Waals surface area contributed by atoms with Gasteiger partial charge in [0.15, 0.2) is 0 Å². The van der Waals surface area contributed by atoms with E-state index in [1.54, 1.807) is 75.5 Å². The number of aromatic carboxylic acids is 1. The number of aliphatic imine (C=N–C) groups is 1. The number of carbonyl (C=O) groups is 6. The summed E-state index contributed by atoms with van der Waals surface area (Å²) in [7, 11) is 3.18. The van der Waals surface area contributed by atoms with Gasteiger partial charge in [0, 0.05) is 75.1 Å². The first-order valence-corrected chi connectivity index (χ1v) is 28.7. The van der Waals surface area contributed by atoms with Gasteiger partial charge in [0.05, 0.1) is 49.2 Å². The second kappa shape index (κ2) is 31.0. The average Bonchev–Trinajstić information content (AvgIpc) is 3.62. The molecule has 448 valence electrons. The van der Waals surface area contributed by atoms with Crippen LogP contribution >= 0.6 is 44.1 Å². The van der Waals surface area contributed by atoms with Crippen molar-refractivity contribution >= 4 is 85.1 Å². The molecular weight excluding hydrogens is 1240 g/mol. The molecule has 0 bridgehead atoms. The quantitative estimate of drug-likeness (QED) is 0.0436. The van der Waals surface area contributed by atoms with Gasteiger partial charge in [0.25, 0.3) is 17.7 Å². The Labute approximate surface area is 514 Å². The molecule has 0 aromatic carbocycles. The molecule has 26 heteroatoms. The van der Waals surface area contributed by atoms with Crippen molar-refractivity contribution in [1.82, 2.24) is 56.5 Å². The van der Waals surface area contributed by atoms with Crippen LogP contribution in [0.2, 0.25) is 0 Å². The number of ether oxygens (including phenoxy) is 4. The predicted octanol–water partition coefficient (Wildman–Crippen LogP) is 9.63. The number of aromatic nitrogens is 6. The number of nitrogens with zero attached hydrogens (tertiary/aromatic N) is 7. The molecule has 9 rings (SSSR count). The van der Waals surface area contributed by atoms with E-state index >= 15 is 0 Å². The lowest BCUT2D eigenvalue weighted by Gasteiger charge is -2.36. The highest BCUT2D eigenvalue weighted by Gasteiger charge is 2.35. The van der Waals surface area contributed by atoms with Crippen molar-refractivity contribution in [2.75, 3.05) is 14.2 Å². The van der Waals surface area contributed by atoms with Crippen LogP contribution in [0.3, 0.4) is 0 Å². The molecule has 0 radical (unpaired) electrons. The Morgan fingerprint density at radius 3 is 1.14 bits per heavy atom. The topological polar surface area (TPSA) is 309 Å². The first kappa shape index (κ1) is 65.8. The van der Waals surface area contributed by atoms with Crippen LogP contribution < -0.4 is 36.1 Å². The normalized spacial score (nSPS) is 18.0. The molecule has 3 aliphatic rings. The van der Waals surface area contributed by atoms with Gasteiger partial charge in [-0.05, 0) is 197 Å². The fourth-order valence-corrected chi connectivity index (χ4v) is 8.65. The van der Waals surface area contributed by atoms with E-state index in [-0.39, 0.29) is 59.7 Å². The van der Waals surface area contributed by atoms with E-state index in [1.807, 2.05) is 77.9 Å². The van der Waals surface area contributed by atoms with Crippen molar-refractivity contribution in [3.63, 3.8) is 0 Å². The van der Waals surface area contributed by atoms with Crippen molar-refractivity contribution in [2.45, 2.75) is 128 Å². The highest BCUT2D eigenvalue weighted by molar-refractivity contribution is 9.10. The number of hydrogen-bond acceptors (Lipinski definition) is 18. The third-order valence-electron chi connectivity index (χ3n) is 12.5. The standard InChI is InChI=1S/C21H26N4O4.C17H16N4O2S.C15H20BrN3O3.C6H4BrNO2/c1-21(2,3)29-20(27)25-15-9-14(10-15)24-19(26)18-7-5-13(11-22-18)17-8-6-16(28-4)12-23-17;1-23-14-3-5-15(19-9-14)11-2-4-16(18-8-11)17(22)21-13-6-12(7-13)20-10-24;1-15(2,3)22-14(21)19-11-6-10(7-11)18-13(20)12-5-4-9(16)8-17-12;7-4-1-2-5(6(9)10)8-3-4/h5-8,11-12,14-15H,9-10H2,1-4H3,(H,24,26)(H,25,27);2-5,8-9,12-13H,6-7H2,1H3,(H,21,22);4-5,8,10-11H,6-7H2,1-3H3,(H,18,20)(H,19,21);1-3H,(H,9,10). The predicted molar refractivity (Wildman–Crippen MR) is 325 cm³/mol. The Morgan fingerprint density at radius 1 is 0.494 bits per heavy atom. The molecule has 6 aromatic rings. The summed E-state index contributed by atoms with van der Waals surface area (Å²) in [6, 6.07) is 21.3. The molecule has 0 unspecified atom stereocenters. The van der Waals surface area contributed by atoms with E-state index in [4.69, 9.17) is 24.1 Å². The smallest absolute Gasteiger partial charge is 0.407 e. The van der Waals surface area contributed by atoms with Crippen LogP contribution in [0, 0.1) is 0 Å². The van der Waals surface area contributed by atoms with Crippen molar-refractivity contribution in [3.8, 4) is 34.0 Å². The first-order valence-electron chi connectivity index (χ1n) is 26.7. The number of amides is 5. The van der Waals surface area contributed by atoms with Crippen molar-refractivity contribution in [3.05, 3.63) is 142 Å². The van der Waals surface area contributed by atoms with E-state index in [2.05, 4.69) is 111 Å². The van der Waals surface area contributed by atoms with Crippen molar-refractivity contribution in [1.29, 1.82) is 0 Å². The molecule has 0 spiro atoms. The van der Waals surface area contributed by atoms with Crippen LogP contribution in [0.25, 0.3) is 22.5 Å². The second-order valence-electron chi connectivity index (χ2n) is 21.5. The number of halogens is 2. The van der Waals surface area contributed by atoms with Crippen LogP contribution in [0.5, 0.6) is 11.5 Å². The van der Waals surface area contributed by atoms with E-state index in [9.17, 15) is 28.8 Å². The van der Waals surface area contributed by atoms with E-state index in [1.165, 1.54) is 12.3 Å². The van der Waals surface area contributed by atoms with Crippen LogP contribution in [0.4, 0.5) is 9.59 Å². The summed E-state index contributed by atoms with van der Waals surface area (Å²) in [6.45, 7) is 10.9. The van der Waals surface area contributed by atoms with Gasteiger partial charge >= 0.3 is 18.2 Å². The second-order valence-corrected chi connectivity index (χ2v) is 23.6. The fraction of sp³-hybridized carbons (Fsp3) is 0.373. The van der Waals surface area contributed by atoms with E-state index in [0.717, 1.165) is 44.3 Å². The molecule has 23 nitrogen and oxygen atoms in total. The van der Waals surface area contributed by atoms with Crippen LogP contribution in [0.15, 0.2) is 124 Å². The highest BCUT2D eigenvalue weighted by Crippen LogP contribution is 2.26. The minimum Gasteiger partial charge on any atom is -0.495 e. The number of thiocarbonyl (C=S) groups is 1. The van der Waals surface area contributed by atoms with Gasteiger partial charge in [0.2, 0.25) is 0 Å². The Balaban J connectivity index is 0.000000190. The summed E-state index contributed by atoms with van der Waals surface area (Å²) in [6.07, 6.45) is 13.0. The lowest BCUT2D eigenvalue weighted by Crippen LogP contribution is -2.54. The third kappa shape index (κ3) is 22.0. The van der Waals surface area contributed by atoms with Gasteiger partial charge in [-0.25, -0.2) is 29.3 Å². The summed E-state index contributed by atoms with van der Waals surface area (Å²) in [4.78, 5) is 98.9. The molecular formula is C59H66Br2N12O11S. The van der Waals surface area contributed by atoms with Crippen molar-refractivity contribution in [2.24, 2.45) is 4.99 Å². The summed E-state index contributed by atoms with van der Waals surface area (Å²) in [5, 5.41) is 25.1. The van der Waals surface area contributed by atoms with E-state index < -0.39 is 29.4 Å². The Kier molecular flexibility index (Phi) is 24.0. The molecule has 0 aliphatic heterocycles. The van der Waals surface area contributed by atoms with Crippen LogP contribution in [-0.2, 0) is 9.47 Å². The molecule has 6 heterocycles. The largest absolute Gasteiger partial charge is 0.495 e. The number of nitrogens with one attached hydrogen (secondary N) is 5. The molecule has 3 fully saturated rings. The monoisotopic (exact) mass is 1310 g/mol. The van der Waals surface area contributed by atoms with Gasteiger partial charge in [-0.15, -0.1) is 0 Å². The number of carboxylic acid groups (broad SMARTS) is 1. The molecule has 6 aromatic heterocycles. The lowest BCUT2D eigenvalue weighted by molar-refractivity contribution is 0.0450. The zero-order chi connectivity index (χ0) is 61.8. The molecule has 3 aliphatic carbocycles. The number of rotatable bonds is 14. The van der Waals surface area contributed by atoms with Gasteiger partial charge in [0.1, 0.15) is 45.5 Å². The number of methoxy groups -OCH3 is 2. The fourth-order valence-electron chi connectivity index (χ4n) is 8.03. The molecule has 3 saturated carbocycles. The van der Waals surface area contributed by atoms with Crippen molar-refractivity contribution < 1.29 is 52.8 Å². The molecule has 5 amide bonds. The summed E-state index contributed by atoms with van der Waals surface area (Å²) in [5.41, 5.74) is 3.31. The Bertz CT molecular complexity index is 3260. The number of pyridine rings is 6. The van der Waals surface area contributed by atoms with Gasteiger partial charge in [-0.2, -0.15) is 0 Å². The zero-order valence-electron chi connectivity index (χ0n) is 47.9. The minimum atomic E-state index is -1.01. The van der Waals surface area contributed by atoms with Gasteiger partial charge in [-0.1, -0.05) is 0 Å². The maximum atomic E-state index is 12.4. The van der Waals surface area contributed by atoms with Crippen LogP contribution in [-0.4, -0.2) is 138 Å². The summed E-state index contributed by atoms with van der Waals surface area (Å²) >= 11 is 11.0. The number of hydrogen-bond donors (Lipinski definition) is 6. The Hall–Kier alpha value is -8.32.